The van der Waals surface area contributed by atoms with Gasteiger partial charge >= 0.3 is 6.18 Å². The maximum absolute atomic E-state index is 12.9. The number of ether oxygens (including phenoxy) is 1. The van der Waals surface area contributed by atoms with Crippen molar-refractivity contribution in [3.8, 4) is 0 Å². The number of hydrogen-bond acceptors (Lipinski definition) is 7. The Hall–Kier alpha value is -2.62. The minimum Gasteiger partial charge on any atom is -0.378 e. The molecule has 2 aromatic rings. The van der Waals surface area contributed by atoms with E-state index in [-0.39, 0.29) is 0 Å². The molecule has 2 aromatic heterocycles. The van der Waals surface area contributed by atoms with Crippen LogP contribution in [0.3, 0.4) is 0 Å². The topological polar surface area (TPSA) is 57.6 Å². The number of piperazine rings is 1. The van der Waals surface area contributed by atoms with E-state index in [9.17, 15) is 13.2 Å². The van der Waals surface area contributed by atoms with Crippen LogP contribution in [-0.2, 0) is 10.9 Å². The van der Waals surface area contributed by atoms with Crippen molar-refractivity contribution >= 4 is 17.5 Å². The predicted molar refractivity (Wildman–Crippen MR) is 98.7 cm³/mol. The van der Waals surface area contributed by atoms with Crippen LogP contribution < -0.4 is 14.7 Å². The molecule has 0 bridgehead atoms. The van der Waals surface area contributed by atoms with Gasteiger partial charge in [0, 0.05) is 45.5 Å². The molecular weight excluding hydrogens is 373 g/mol. The van der Waals surface area contributed by atoms with Crippen molar-refractivity contribution in [1.29, 1.82) is 0 Å². The SMILES string of the molecule is FC(F)(F)c1ccnc(N2CCN(c3ccc(N4CCOCC4)nn3)CC2)c1. The molecule has 150 valence electrons. The Kier molecular flexibility index (Phi) is 5.21. The lowest BCUT2D eigenvalue weighted by atomic mass is 10.2. The number of morpholine rings is 1. The van der Waals surface area contributed by atoms with Gasteiger partial charge in [-0.25, -0.2) is 4.98 Å². The van der Waals surface area contributed by atoms with E-state index in [0.29, 0.717) is 45.2 Å². The Morgan fingerprint density at radius 3 is 1.82 bits per heavy atom. The molecule has 2 aliphatic heterocycles. The predicted octanol–water partition coefficient (Wildman–Crippen LogP) is 2.05. The molecule has 4 heterocycles. The summed E-state index contributed by atoms with van der Waals surface area (Å²) >= 11 is 0. The number of nitrogens with zero attached hydrogens (tertiary/aromatic N) is 6. The molecule has 28 heavy (non-hydrogen) atoms. The number of hydrogen-bond donors (Lipinski definition) is 0. The van der Waals surface area contributed by atoms with Crippen LogP contribution in [0.15, 0.2) is 30.5 Å². The molecule has 0 saturated carbocycles. The maximum Gasteiger partial charge on any atom is 0.416 e. The molecule has 2 fully saturated rings. The third kappa shape index (κ3) is 4.11. The number of aromatic nitrogens is 3. The van der Waals surface area contributed by atoms with Gasteiger partial charge in [-0.15, -0.1) is 10.2 Å². The first-order valence-electron chi connectivity index (χ1n) is 9.20. The van der Waals surface area contributed by atoms with E-state index in [2.05, 4.69) is 25.0 Å². The Morgan fingerprint density at radius 2 is 1.29 bits per heavy atom. The van der Waals surface area contributed by atoms with Gasteiger partial charge in [-0.3, -0.25) is 0 Å². The van der Waals surface area contributed by atoms with Gasteiger partial charge in [0.15, 0.2) is 11.6 Å². The highest BCUT2D eigenvalue weighted by molar-refractivity contribution is 5.48. The Labute approximate surface area is 160 Å². The van der Waals surface area contributed by atoms with Crippen LogP contribution in [0.4, 0.5) is 30.6 Å². The van der Waals surface area contributed by atoms with E-state index >= 15 is 0 Å². The Bertz CT molecular complexity index is 787. The first-order chi connectivity index (χ1) is 13.5. The molecule has 0 aromatic carbocycles. The first kappa shape index (κ1) is 18.7. The number of alkyl halides is 3. The van der Waals surface area contributed by atoms with Gasteiger partial charge in [0.25, 0.3) is 0 Å². The highest BCUT2D eigenvalue weighted by atomic mass is 19.4. The van der Waals surface area contributed by atoms with Gasteiger partial charge in [0.2, 0.25) is 0 Å². The van der Waals surface area contributed by atoms with E-state index in [0.717, 1.165) is 36.9 Å². The van der Waals surface area contributed by atoms with Gasteiger partial charge in [-0.1, -0.05) is 0 Å². The maximum atomic E-state index is 12.9. The largest absolute Gasteiger partial charge is 0.416 e. The minimum absolute atomic E-state index is 0.350. The van der Waals surface area contributed by atoms with Crippen molar-refractivity contribution in [1.82, 2.24) is 15.2 Å². The first-order valence-corrected chi connectivity index (χ1v) is 9.20. The summed E-state index contributed by atoms with van der Waals surface area (Å²) in [4.78, 5) is 10.2. The van der Waals surface area contributed by atoms with Crippen LogP contribution in [0.5, 0.6) is 0 Å². The zero-order chi connectivity index (χ0) is 19.6. The molecule has 0 radical (unpaired) electrons. The summed E-state index contributed by atoms with van der Waals surface area (Å²) in [5.41, 5.74) is -0.676. The minimum atomic E-state index is -4.36. The van der Waals surface area contributed by atoms with E-state index in [1.54, 1.807) is 0 Å². The third-order valence-corrected chi connectivity index (χ3v) is 4.97. The van der Waals surface area contributed by atoms with E-state index in [1.165, 1.54) is 6.20 Å². The van der Waals surface area contributed by atoms with Crippen molar-refractivity contribution in [2.24, 2.45) is 0 Å². The van der Waals surface area contributed by atoms with Crippen molar-refractivity contribution in [2.75, 3.05) is 67.2 Å². The molecular formula is C18H21F3N6O. The molecule has 10 heteroatoms. The second kappa shape index (κ2) is 7.78. The summed E-state index contributed by atoms with van der Waals surface area (Å²) in [6.45, 7) is 5.41. The van der Waals surface area contributed by atoms with Gasteiger partial charge < -0.3 is 19.4 Å². The van der Waals surface area contributed by atoms with Crippen LogP contribution >= 0.6 is 0 Å². The molecule has 0 atom stereocenters. The molecule has 0 unspecified atom stereocenters. The average Bonchev–Trinajstić information content (AvgIpc) is 2.74. The summed E-state index contributed by atoms with van der Waals surface area (Å²) in [5, 5.41) is 8.65. The monoisotopic (exact) mass is 394 g/mol. The quantitative estimate of drug-likeness (QED) is 0.790. The van der Waals surface area contributed by atoms with Gasteiger partial charge in [-0.2, -0.15) is 13.2 Å². The van der Waals surface area contributed by atoms with Crippen LogP contribution in [0.25, 0.3) is 0 Å². The zero-order valence-electron chi connectivity index (χ0n) is 15.3. The van der Waals surface area contributed by atoms with Gasteiger partial charge in [-0.05, 0) is 24.3 Å². The number of pyridine rings is 1. The molecule has 7 nitrogen and oxygen atoms in total. The highest BCUT2D eigenvalue weighted by Crippen LogP contribution is 2.31. The molecule has 4 rings (SSSR count). The van der Waals surface area contributed by atoms with E-state index in [4.69, 9.17) is 4.74 Å². The van der Waals surface area contributed by atoms with Crippen LogP contribution in [0.1, 0.15) is 5.56 Å². The van der Waals surface area contributed by atoms with E-state index < -0.39 is 11.7 Å². The van der Waals surface area contributed by atoms with Crippen molar-refractivity contribution < 1.29 is 17.9 Å². The second-order valence-electron chi connectivity index (χ2n) is 6.72. The highest BCUT2D eigenvalue weighted by Gasteiger charge is 2.31. The standard InChI is InChI=1S/C18H21F3N6O/c19-18(20,21)14-3-4-22-17(13-14)26-7-5-25(6-8-26)15-1-2-16(24-23-15)27-9-11-28-12-10-27/h1-4,13H,5-12H2. The van der Waals surface area contributed by atoms with Crippen LogP contribution in [0, 0.1) is 0 Å². The van der Waals surface area contributed by atoms with Crippen LogP contribution in [-0.4, -0.2) is 67.7 Å². The third-order valence-electron chi connectivity index (χ3n) is 4.97. The van der Waals surface area contributed by atoms with Crippen molar-refractivity contribution in [3.05, 3.63) is 36.0 Å². The fraction of sp³-hybridized carbons (Fsp3) is 0.500. The molecule has 0 amide bonds. The van der Waals surface area contributed by atoms with Gasteiger partial charge in [0.05, 0.1) is 18.8 Å². The number of rotatable bonds is 3. The number of halogens is 3. The molecule has 0 spiro atoms. The molecule has 0 N–H and O–H groups in total. The van der Waals surface area contributed by atoms with Crippen molar-refractivity contribution in [3.63, 3.8) is 0 Å². The normalized spacial score (nSPS) is 18.5. The summed E-state index contributed by atoms with van der Waals surface area (Å²) in [5.74, 6) is 1.95. The summed E-state index contributed by atoms with van der Waals surface area (Å²) < 4.78 is 44.1. The fourth-order valence-electron chi connectivity index (χ4n) is 3.38. The summed E-state index contributed by atoms with van der Waals surface area (Å²) in [6, 6.07) is 5.99. The summed E-state index contributed by atoms with van der Waals surface area (Å²) in [6.07, 6.45) is -3.16. The lowest BCUT2D eigenvalue weighted by Gasteiger charge is -2.36. The molecule has 2 aliphatic rings. The zero-order valence-corrected chi connectivity index (χ0v) is 15.3. The lowest BCUT2D eigenvalue weighted by Crippen LogP contribution is -2.47. The summed E-state index contributed by atoms with van der Waals surface area (Å²) in [7, 11) is 0. The molecule has 0 aliphatic carbocycles. The smallest absolute Gasteiger partial charge is 0.378 e. The van der Waals surface area contributed by atoms with Gasteiger partial charge in [0.1, 0.15) is 5.82 Å². The average molecular weight is 394 g/mol. The molecule has 2 saturated heterocycles. The Morgan fingerprint density at radius 1 is 0.750 bits per heavy atom. The fourth-order valence-corrected chi connectivity index (χ4v) is 3.38. The Balaban J connectivity index is 1.37. The van der Waals surface area contributed by atoms with Crippen molar-refractivity contribution in [2.45, 2.75) is 6.18 Å². The number of anilines is 3. The van der Waals surface area contributed by atoms with E-state index in [1.807, 2.05) is 17.0 Å². The lowest BCUT2D eigenvalue weighted by molar-refractivity contribution is -0.137. The second-order valence-corrected chi connectivity index (χ2v) is 6.72. The van der Waals surface area contributed by atoms with Crippen LogP contribution in [0.2, 0.25) is 0 Å².